The Morgan fingerprint density at radius 1 is 1.21 bits per heavy atom. The van der Waals surface area contributed by atoms with Gasteiger partial charge in [0.25, 0.3) is 0 Å². The first-order valence-electron chi connectivity index (χ1n) is 7.34. The molecule has 1 aliphatic heterocycles. The van der Waals surface area contributed by atoms with Gasteiger partial charge in [0, 0.05) is 10.9 Å². The zero-order chi connectivity index (χ0) is 13.2. The topological polar surface area (TPSA) is 24.4 Å². The van der Waals surface area contributed by atoms with Crippen molar-refractivity contribution in [1.29, 1.82) is 0 Å². The smallest absolute Gasteiger partial charge is 0.161 e. The normalized spacial score (nSPS) is 26.5. The van der Waals surface area contributed by atoms with E-state index in [0.29, 0.717) is 11.3 Å². The number of rotatable bonds is 1. The number of anilines is 1. The molecule has 1 aromatic rings. The minimum Gasteiger partial charge on any atom is -0.335 e. The minimum atomic E-state index is 0.443. The van der Waals surface area contributed by atoms with Gasteiger partial charge in [-0.2, -0.15) is 0 Å². The maximum atomic E-state index is 4.75. The Balaban J connectivity index is 1.84. The number of benzene rings is 1. The molecule has 0 saturated heterocycles. The third kappa shape index (κ3) is 2.97. The summed E-state index contributed by atoms with van der Waals surface area (Å²) in [5.74, 6) is 0. The summed E-state index contributed by atoms with van der Waals surface area (Å²) < 4.78 is 0. The highest BCUT2D eigenvalue weighted by Crippen LogP contribution is 2.31. The summed E-state index contributed by atoms with van der Waals surface area (Å²) in [6.07, 6.45) is 6.28. The van der Waals surface area contributed by atoms with Crippen LogP contribution in [0.25, 0.3) is 0 Å². The third-order valence-electron chi connectivity index (χ3n) is 3.96. The molecule has 1 aliphatic carbocycles. The molecule has 1 N–H and O–H groups in total. The van der Waals surface area contributed by atoms with Crippen LogP contribution in [0.4, 0.5) is 5.69 Å². The van der Waals surface area contributed by atoms with E-state index < -0.39 is 0 Å². The quantitative estimate of drug-likeness (QED) is 0.828. The Hall–Kier alpha value is -0.960. The van der Waals surface area contributed by atoms with Gasteiger partial charge in [0.15, 0.2) is 5.17 Å². The molecule has 2 unspecified atom stereocenters. The van der Waals surface area contributed by atoms with Gasteiger partial charge in [-0.1, -0.05) is 30.8 Å². The highest BCUT2D eigenvalue weighted by Gasteiger charge is 2.20. The van der Waals surface area contributed by atoms with Crippen LogP contribution in [0, 0.1) is 0 Å². The van der Waals surface area contributed by atoms with E-state index in [4.69, 9.17) is 4.99 Å². The number of fused-ring (bicyclic) bond motifs is 1. The molecule has 0 aromatic heterocycles. The van der Waals surface area contributed by atoms with Crippen LogP contribution in [-0.4, -0.2) is 16.5 Å². The van der Waals surface area contributed by atoms with Gasteiger partial charge in [0.1, 0.15) is 0 Å². The maximum Gasteiger partial charge on any atom is 0.161 e. The van der Waals surface area contributed by atoms with Gasteiger partial charge in [-0.05, 0) is 56.2 Å². The van der Waals surface area contributed by atoms with Gasteiger partial charge >= 0.3 is 0 Å². The lowest BCUT2D eigenvalue weighted by atomic mass is 9.90. The van der Waals surface area contributed by atoms with Crippen molar-refractivity contribution < 1.29 is 0 Å². The summed E-state index contributed by atoms with van der Waals surface area (Å²) in [6.45, 7) is 4.50. The number of aryl methyl sites for hydroxylation is 1. The molecule has 2 nitrogen and oxygen atoms in total. The molecule has 102 valence electrons. The summed E-state index contributed by atoms with van der Waals surface area (Å²) in [7, 11) is 0. The van der Waals surface area contributed by atoms with Crippen LogP contribution >= 0.6 is 11.8 Å². The fourth-order valence-electron chi connectivity index (χ4n) is 3.08. The molecule has 2 aliphatic rings. The molecule has 3 rings (SSSR count). The fourth-order valence-corrected chi connectivity index (χ4v) is 4.24. The summed E-state index contributed by atoms with van der Waals surface area (Å²) in [4.78, 5) is 4.75. The molecular formula is C16H22N2S. The Kier molecular flexibility index (Phi) is 3.83. The molecule has 1 aromatic carbocycles. The second-order valence-corrected chi connectivity index (χ2v) is 7.15. The number of thioether (sulfide) groups is 1. The number of nitrogens with zero attached hydrogens (tertiary/aromatic N) is 1. The van der Waals surface area contributed by atoms with Crippen molar-refractivity contribution in [3.05, 3.63) is 29.3 Å². The van der Waals surface area contributed by atoms with Crippen LogP contribution in [-0.2, 0) is 12.8 Å². The van der Waals surface area contributed by atoms with E-state index in [9.17, 15) is 0 Å². The van der Waals surface area contributed by atoms with E-state index in [-0.39, 0.29) is 0 Å². The van der Waals surface area contributed by atoms with Gasteiger partial charge < -0.3 is 5.32 Å². The SMILES string of the molecule is CC1CC(C)SC(Nc2cccc3c2CCCC3)=N1. The fraction of sp³-hybridized carbons (Fsp3) is 0.562. The average Bonchev–Trinajstić information content (AvgIpc) is 2.38. The molecule has 3 heteroatoms. The predicted octanol–water partition coefficient (Wildman–Crippen LogP) is 4.25. The standard InChI is InChI=1S/C16H22N2S/c1-11-10-12(2)19-16(17-11)18-15-9-5-7-13-6-3-4-8-14(13)15/h5,7,9,11-12H,3-4,6,8,10H2,1-2H3,(H,17,18). The van der Waals surface area contributed by atoms with E-state index in [0.717, 1.165) is 5.17 Å². The zero-order valence-corrected chi connectivity index (χ0v) is 12.6. The molecular weight excluding hydrogens is 252 g/mol. The average molecular weight is 274 g/mol. The lowest BCUT2D eigenvalue weighted by Crippen LogP contribution is -2.23. The predicted molar refractivity (Wildman–Crippen MR) is 85.3 cm³/mol. The summed E-state index contributed by atoms with van der Waals surface area (Å²) in [5, 5.41) is 5.35. The molecule has 0 spiro atoms. The lowest BCUT2D eigenvalue weighted by Gasteiger charge is -2.25. The number of hydrogen-bond acceptors (Lipinski definition) is 3. The molecule has 0 fully saturated rings. The van der Waals surface area contributed by atoms with Crippen LogP contribution in [0.5, 0.6) is 0 Å². The third-order valence-corrected chi connectivity index (χ3v) is 4.99. The summed E-state index contributed by atoms with van der Waals surface area (Å²) >= 11 is 1.87. The van der Waals surface area contributed by atoms with Crippen LogP contribution in [0.3, 0.4) is 0 Å². The highest BCUT2D eigenvalue weighted by atomic mass is 32.2. The van der Waals surface area contributed by atoms with E-state index >= 15 is 0 Å². The Morgan fingerprint density at radius 3 is 2.89 bits per heavy atom. The van der Waals surface area contributed by atoms with Gasteiger partial charge in [-0.25, -0.2) is 0 Å². The molecule has 0 saturated carbocycles. The molecule has 0 bridgehead atoms. The van der Waals surface area contributed by atoms with E-state index in [2.05, 4.69) is 37.4 Å². The first-order chi connectivity index (χ1) is 9.22. The number of nitrogens with one attached hydrogen (secondary N) is 1. The largest absolute Gasteiger partial charge is 0.335 e. The van der Waals surface area contributed by atoms with E-state index in [1.54, 1.807) is 0 Å². The molecule has 1 heterocycles. The van der Waals surface area contributed by atoms with Gasteiger partial charge in [0.05, 0.1) is 6.04 Å². The van der Waals surface area contributed by atoms with Crippen molar-refractivity contribution in [2.45, 2.75) is 57.2 Å². The van der Waals surface area contributed by atoms with Gasteiger partial charge in [-0.3, -0.25) is 4.99 Å². The first-order valence-corrected chi connectivity index (χ1v) is 8.22. The van der Waals surface area contributed by atoms with Crippen molar-refractivity contribution >= 4 is 22.6 Å². The second kappa shape index (κ2) is 5.58. The molecule has 2 atom stereocenters. The van der Waals surface area contributed by atoms with Crippen molar-refractivity contribution in [2.75, 3.05) is 5.32 Å². The molecule has 0 radical (unpaired) electrons. The van der Waals surface area contributed by atoms with Crippen LogP contribution < -0.4 is 5.32 Å². The van der Waals surface area contributed by atoms with Crippen LogP contribution in [0.1, 0.15) is 44.2 Å². The number of hydrogen-bond donors (Lipinski definition) is 1. The van der Waals surface area contributed by atoms with Gasteiger partial charge in [0.2, 0.25) is 0 Å². The Bertz CT molecular complexity index is 496. The van der Waals surface area contributed by atoms with E-state index in [1.807, 2.05) is 11.8 Å². The van der Waals surface area contributed by atoms with Crippen molar-refractivity contribution in [1.82, 2.24) is 0 Å². The van der Waals surface area contributed by atoms with Gasteiger partial charge in [-0.15, -0.1) is 0 Å². The maximum absolute atomic E-state index is 4.75. The Morgan fingerprint density at radius 2 is 2.05 bits per heavy atom. The second-order valence-electron chi connectivity index (χ2n) is 5.72. The zero-order valence-electron chi connectivity index (χ0n) is 11.8. The van der Waals surface area contributed by atoms with Crippen molar-refractivity contribution in [2.24, 2.45) is 4.99 Å². The van der Waals surface area contributed by atoms with Crippen LogP contribution in [0.2, 0.25) is 0 Å². The lowest BCUT2D eigenvalue weighted by molar-refractivity contribution is 0.661. The Labute approximate surface area is 120 Å². The van der Waals surface area contributed by atoms with Crippen molar-refractivity contribution in [3.8, 4) is 0 Å². The number of aliphatic imine (C=N–C) groups is 1. The van der Waals surface area contributed by atoms with E-state index in [1.165, 1.54) is 48.9 Å². The number of amidine groups is 1. The van der Waals surface area contributed by atoms with Crippen molar-refractivity contribution in [3.63, 3.8) is 0 Å². The minimum absolute atomic E-state index is 0.443. The first kappa shape index (κ1) is 13.0. The summed E-state index contributed by atoms with van der Waals surface area (Å²) in [5.41, 5.74) is 4.33. The monoisotopic (exact) mass is 274 g/mol. The summed E-state index contributed by atoms with van der Waals surface area (Å²) in [6, 6.07) is 7.10. The van der Waals surface area contributed by atoms with Crippen LogP contribution in [0.15, 0.2) is 23.2 Å². The highest BCUT2D eigenvalue weighted by molar-refractivity contribution is 8.14. The molecule has 0 amide bonds. The molecule has 19 heavy (non-hydrogen) atoms.